The van der Waals surface area contributed by atoms with E-state index in [4.69, 9.17) is 10.5 Å². The lowest BCUT2D eigenvalue weighted by atomic mass is 10.2. The molecule has 102 valence electrons. The van der Waals surface area contributed by atoms with Gasteiger partial charge < -0.3 is 20.7 Å². The zero-order chi connectivity index (χ0) is 14.3. The summed E-state index contributed by atoms with van der Waals surface area (Å²) in [4.78, 5) is 13.5. The highest BCUT2D eigenvalue weighted by Crippen LogP contribution is 2.25. The fourth-order valence-corrected chi connectivity index (χ4v) is 1.51. The smallest absolute Gasteiger partial charge is 0.238 e. The van der Waals surface area contributed by atoms with Gasteiger partial charge in [-0.2, -0.15) is 0 Å². The van der Waals surface area contributed by atoms with Crippen molar-refractivity contribution in [2.75, 3.05) is 39.6 Å². The number of hydrogen-bond donors (Lipinski definition) is 2. The van der Waals surface area contributed by atoms with Crippen molar-refractivity contribution in [2.24, 2.45) is 5.73 Å². The highest BCUT2D eigenvalue weighted by atomic mass is 16.5. The summed E-state index contributed by atoms with van der Waals surface area (Å²) in [6, 6.07) is 5.37. The Balaban J connectivity index is 2.92. The summed E-state index contributed by atoms with van der Waals surface area (Å²) in [6.45, 7) is 0.607. The molecule has 5 heteroatoms. The molecule has 1 aromatic carbocycles. The zero-order valence-corrected chi connectivity index (χ0v) is 11.5. The quantitative estimate of drug-likeness (QED) is 0.775. The summed E-state index contributed by atoms with van der Waals surface area (Å²) in [7, 11) is 5.22. The van der Waals surface area contributed by atoms with E-state index in [2.05, 4.69) is 17.2 Å². The van der Waals surface area contributed by atoms with Gasteiger partial charge in [0.05, 0.1) is 25.9 Å². The van der Waals surface area contributed by atoms with Crippen LogP contribution in [0.5, 0.6) is 5.75 Å². The van der Waals surface area contributed by atoms with Gasteiger partial charge in [-0.1, -0.05) is 11.8 Å². The van der Waals surface area contributed by atoms with Gasteiger partial charge in [-0.3, -0.25) is 4.79 Å². The van der Waals surface area contributed by atoms with Crippen molar-refractivity contribution in [3.8, 4) is 17.6 Å². The van der Waals surface area contributed by atoms with Crippen molar-refractivity contribution in [3.63, 3.8) is 0 Å². The van der Waals surface area contributed by atoms with Crippen LogP contribution in [-0.2, 0) is 4.79 Å². The van der Waals surface area contributed by atoms with Crippen LogP contribution in [0.3, 0.4) is 0 Å². The van der Waals surface area contributed by atoms with Crippen LogP contribution in [0.25, 0.3) is 0 Å². The van der Waals surface area contributed by atoms with Crippen LogP contribution in [0.15, 0.2) is 18.2 Å². The Morgan fingerprint density at radius 1 is 1.47 bits per heavy atom. The predicted molar refractivity (Wildman–Crippen MR) is 76.1 cm³/mol. The average Bonchev–Trinajstić information content (AvgIpc) is 2.35. The fourth-order valence-electron chi connectivity index (χ4n) is 1.51. The van der Waals surface area contributed by atoms with E-state index in [9.17, 15) is 4.79 Å². The number of anilines is 1. The Kier molecular flexibility index (Phi) is 5.86. The van der Waals surface area contributed by atoms with Crippen LogP contribution >= 0.6 is 0 Å². The molecule has 0 fully saturated rings. The molecule has 1 aromatic rings. The van der Waals surface area contributed by atoms with Gasteiger partial charge in [0.15, 0.2) is 0 Å². The van der Waals surface area contributed by atoms with E-state index in [1.54, 1.807) is 24.1 Å². The second-order valence-electron chi connectivity index (χ2n) is 4.21. The summed E-state index contributed by atoms with van der Waals surface area (Å²) < 4.78 is 5.21. The number of likely N-dealkylation sites (N-methyl/N-ethyl adjacent to an activating group) is 1. The molecule has 3 N–H and O–H groups in total. The molecule has 0 radical (unpaired) electrons. The molecule has 0 aliphatic rings. The topological polar surface area (TPSA) is 67.6 Å². The van der Waals surface area contributed by atoms with Gasteiger partial charge in [0, 0.05) is 5.56 Å². The minimum Gasteiger partial charge on any atom is -0.495 e. The van der Waals surface area contributed by atoms with Crippen molar-refractivity contribution < 1.29 is 9.53 Å². The van der Waals surface area contributed by atoms with Crippen LogP contribution in [0.1, 0.15) is 5.56 Å². The second-order valence-corrected chi connectivity index (χ2v) is 4.21. The van der Waals surface area contributed by atoms with E-state index in [1.807, 2.05) is 20.2 Å². The highest BCUT2D eigenvalue weighted by molar-refractivity contribution is 5.93. The first-order chi connectivity index (χ1) is 9.06. The largest absolute Gasteiger partial charge is 0.495 e. The zero-order valence-electron chi connectivity index (χ0n) is 11.5. The molecule has 0 saturated carbocycles. The molecule has 0 bridgehead atoms. The number of ether oxygens (including phenoxy) is 1. The van der Waals surface area contributed by atoms with Crippen LogP contribution in [0.2, 0.25) is 0 Å². The Morgan fingerprint density at radius 3 is 2.79 bits per heavy atom. The maximum absolute atomic E-state index is 11.8. The van der Waals surface area contributed by atoms with E-state index in [0.717, 1.165) is 5.56 Å². The maximum atomic E-state index is 11.8. The van der Waals surface area contributed by atoms with Crippen molar-refractivity contribution in [3.05, 3.63) is 23.8 Å². The summed E-state index contributed by atoms with van der Waals surface area (Å²) >= 11 is 0. The first-order valence-corrected chi connectivity index (χ1v) is 5.88. The molecule has 0 saturated heterocycles. The monoisotopic (exact) mass is 261 g/mol. The summed E-state index contributed by atoms with van der Waals surface area (Å²) in [5, 5.41) is 2.80. The number of benzene rings is 1. The molecule has 1 amide bonds. The Hall–Kier alpha value is -2.03. The Bertz CT molecular complexity index is 501. The SMILES string of the molecule is COc1ccc(C#CCN)cc1NC(=O)CN(C)C. The number of nitrogens with two attached hydrogens (primary N) is 1. The van der Waals surface area contributed by atoms with Gasteiger partial charge in [0.25, 0.3) is 0 Å². The van der Waals surface area contributed by atoms with E-state index in [0.29, 0.717) is 24.5 Å². The molecule has 1 rings (SSSR count). The minimum absolute atomic E-state index is 0.104. The molecule has 0 heterocycles. The van der Waals surface area contributed by atoms with Gasteiger partial charge in [0.1, 0.15) is 5.75 Å². The predicted octanol–water partition coefficient (Wildman–Crippen LogP) is 0.506. The second kappa shape index (κ2) is 7.41. The summed E-state index contributed by atoms with van der Waals surface area (Å²) in [5.41, 5.74) is 6.73. The number of nitrogens with zero attached hydrogens (tertiary/aromatic N) is 1. The molecule has 5 nitrogen and oxygen atoms in total. The van der Waals surface area contributed by atoms with Crippen LogP contribution < -0.4 is 15.8 Å². The molecule has 0 aromatic heterocycles. The fraction of sp³-hybridized carbons (Fsp3) is 0.357. The molecule has 0 spiro atoms. The average molecular weight is 261 g/mol. The third kappa shape index (κ3) is 5.00. The van der Waals surface area contributed by atoms with Crippen LogP contribution in [0, 0.1) is 11.8 Å². The first kappa shape index (κ1) is 15.0. The standard InChI is InChI=1S/C14H19N3O2/c1-17(2)10-14(18)16-12-9-11(5-4-8-15)6-7-13(12)19-3/h6-7,9H,8,10,15H2,1-3H3,(H,16,18). The van der Waals surface area contributed by atoms with E-state index < -0.39 is 0 Å². The number of carbonyl (C=O) groups is 1. The van der Waals surface area contributed by atoms with Gasteiger partial charge >= 0.3 is 0 Å². The van der Waals surface area contributed by atoms with Gasteiger partial charge in [-0.05, 0) is 32.3 Å². The third-order valence-corrected chi connectivity index (χ3v) is 2.27. The van der Waals surface area contributed by atoms with Crippen molar-refractivity contribution in [2.45, 2.75) is 0 Å². The van der Waals surface area contributed by atoms with E-state index in [1.165, 1.54) is 0 Å². The molecular weight excluding hydrogens is 242 g/mol. The van der Waals surface area contributed by atoms with Crippen LogP contribution in [0.4, 0.5) is 5.69 Å². The normalized spacial score (nSPS) is 9.74. The number of hydrogen-bond acceptors (Lipinski definition) is 4. The molecular formula is C14H19N3O2. The molecule has 0 aliphatic carbocycles. The number of nitrogens with one attached hydrogen (secondary N) is 1. The summed E-state index contributed by atoms with van der Waals surface area (Å²) in [5.74, 6) is 6.19. The third-order valence-electron chi connectivity index (χ3n) is 2.27. The van der Waals surface area contributed by atoms with Crippen molar-refractivity contribution in [1.82, 2.24) is 4.90 Å². The Morgan fingerprint density at radius 2 is 2.21 bits per heavy atom. The van der Waals surface area contributed by atoms with Gasteiger partial charge in [0.2, 0.25) is 5.91 Å². The van der Waals surface area contributed by atoms with E-state index >= 15 is 0 Å². The lowest BCUT2D eigenvalue weighted by Gasteiger charge is -2.13. The van der Waals surface area contributed by atoms with E-state index in [-0.39, 0.29) is 5.91 Å². The Labute approximate surface area is 113 Å². The number of carbonyl (C=O) groups excluding carboxylic acids is 1. The molecule has 0 unspecified atom stereocenters. The number of methoxy groups -OCH3 is 1. The lowest BCUT2D eigenvalue weighted by molar-refractivity contribution is -0.116. The van der Waals surface area contributed by atoms with Crippen molar-refractivity contribution >= 4 is 11.6 Å². The first-order valence-electron chi connectivity index (χ1n) is 5.88. The lowest BCUT2D eigenvalue weighted by Crippen LogP contribution is -2.27. The molecule has 19 heavy (non-hydrogen) atoms. The molecule has 0 atom stereocenters. The van der Waals surface area contributed by atoms with Crippen molar-refractivity contribution in [1.29, 1.82) is 0 Å². The van der Waals surface area contributed by atoms with Gasteiger partial charge in [-0.15, -0.1) is 0 Å². The summed E-state index contributed by atoms with van der Waals surface area (Å²) in [6.07, 6.45) is 0. The maximum Gasteiger partial charge on any atom is 0.238 e. The molecule has 0 aliphatic heterocycles. The highest BCUT2D eigenvalue weighted by Gasteiger charge is 2.08. The number of amides is 1. The van der Waals surface area contributed by atoms with Gasteiger partial charge in [-0.25, -0.2) is 0 Å². The number of rotatable bonds is 4. The van der Waals surface area contributed by atoms with Crippen LogP contribution in [-0.4, -0.2) is 45.1 Å². The minimum atomic E-state index is -0.104.